The highest BCUT2D eigenvalue weighted by Crippen LogP contribution is 2.34. The van der Waals surface area contributed by atoms with Crippen molar-refractivity contribution >= 4 is 24.2 Å². The van der Waals surface area contributed by atoms with Crippen molar-refractivity contribution in [2.24, 2.45) is 0 Å². The van der Waals surface area contributed by atoms with E-state index < -0.39 is 7.14 Å². The fourth-order valence-corrected chi connectivity index (χ4v) is 2.56. The average Bonchev–Trinajstić information content (AvgIpc) is 2.85. The van der Waals surface area contributed by atoms with Crippen molar-refractivity contribution in [2.45, 2.75) is 13.3 Å². The summed E-state index contributed by atoms with van der Waals surface area (Å²) in [6.45, 7) is 5.35. The van der Waals surface area contributed by atoms with Crippen LogP contribution in [0.1, 0.15) is 23.0 Å². The summed E-state index contributed by atoms with van der Waals surface area (Å²) in [5.74, 6) is 0.0463. The number of amides is 1. The van der Waals surface area contributed by atoms with E-state index in [1.807, 2.05) is 6.92 Å². The van der Waals surface area contributed by atoms with Crippen LogP contribution in [0.4, 0.5) is 5.88 Å². The molecule has 0 bridgehead atoms. The van der Waals surface area contributed by atoms with Crippen LogP contribution in [0.5, 0.6) is 0 Å². The van der Waals surface area contributed by atoms with Crippen LogP contribution in [0.25, 0.3) is 0 Å². The van der Waals surface area contributed by atoms with Crippen molar-refractivity contribution in [1.29, 1.82) is 0 Å². The Hall–Kier alpha value is -1.87. The van der Waals surface area contributed by atoms with E-state index in [0.717, 1.165) is 17.4 Å². The molecule has 0 aliphatic rings. The molecule has 1 N–H and O–H groups in total. The molecule has 0 saturated carbocycles. The molecular weight excluding hydrogens is 275 g/mol. The molecule has 0 aliphatic heterocycles. The number of nitrogens with zero attached hydrogens (tertiary/aromatic N) is 1. The molecule has 1 amide bonds. The van der Waals surface area contributed by atoms with E-state index in [0.29, 0.717) is 11.4 Å². The van der Waals surface area contributed by atoms with Gasteiger partial charge in [-0.2, -0.15) is 0 Å². The maximum absolute atomic E-state index is 12.0. The van der Waals surface area contributed by atoms with Gasteiger partial charge < -0.3 is 9.09 Å². The molecule has 106 valence electrons. The summed E-state index contributed by atoms with van der Waals surface area (Å²) in [7, 11) is -2.30. The minimum Gasteiger partial charge on any atom is -0.338 e. The molecule has 0 aliphatic carbocycles. The summed E-state index contributed by atoms with van der Waals surface area (Å²) in [6.07, 6.45) is 0.746. The average molecular weight is 292 g/mol. The van der Waals surface area contributed by atoms with Crippen molar-refractivity contribution < 1.29 is 13.9 Å². The van der Waals surface area contributed by atoms with Crippen LogP contribution in [0.2, 0.25) is 0 Å². The predicted octanol–water partition coefficient (Wildman–Crippen LogP) is 2.74. The van der Waals surface area contributed by atoms with Crippen molar-refractivity contribution in [3.8, 4) is 0 Å². The highest BCUT2D eigenvalue weighted by Gasteiger charge is 2.13. The van der Waals surface area contributed by atoms with Crippen LogP contribution in [0.15, 0.2) is 34.9 Å². The lowest BCUT2D eigenvalue weighted by Gasteiger charge is -2.07. The molecule has 2 aromatic rings. The van der Waals surface area contributed by atoms with Gasteiger partial charge in [0.05, 0.1) is 5.69 Å². The molecule has 1 aromatic heterocycles. The molecule has 6 heteroatoms. The SMILES string of the molecule is CCc1cc(NC(=O)c2ccc(P(C)(C)=O)cc2)on1. The number of carbonyl (C=O) groups excluding carboxylic acids is 1. The Morgan fingerprint density at radius 2 is 1.95 bits per heavy atom. The second kappa shape index (κ2) is 5.63. The molecule has 0 saturated heterocycles. The first-order valence-corrected chi connectivity index (χ1v) is 8.93. The summed E-state index contributed by atoms with van der Waals surface area (Å²) in [5, 5.41) is 7.19. The zero-order valence-electron chi connectivity index (χ0n) is 11.7. The van der Waals surface area contributed by atoms with Gasteiger partial charge in [0.25, 0.3) is 5.91 Å². The van der Waals surface area contributed by atoms with Gasteiger partial charge in [-0.25, -0.2) is 0 Å². The summed E-state index contributed by atoms with van der Waals surface area (Å²) >= 11 is 0. The van der Waals surface area contributed by atoms with E-state index in [1.54, 1.807) is 43.7 Å². The van der Waals surface area contributed by atoms with Crippen LogP contribution in [0.3, 0.4) is 0 Å². The highest BCUT2D eigenvalue weighted by molar-refractivity contribution is 7.70. The minimum absolute atomic E-state index is 0.280. The first-order chi connectivity index (χ1) is 9.40. The van der Waals surface area contributed by atoms with Gasteiger partial charge in [-0.05, 0) is 31.9 Å². The number of carbonyl (C=O) groups is 1. The van der Waals surface area contributed by atoms with Crippen molar-refractivity contribution in [3.05, 3.63) is 41.6 Å². The number of nitrogens with one attached hydrogen (secondary N) is 1. The third-order valence-electron chi connectivity index (χ3n) is 2.91. The van der Waals surface area contributed by atoms with E-state index in [2.05, 4.69) is 10.5 Å². The number of aromatic nitrogens is 1. The van der Waals surface area contributed by atoms with Crippen LogP contribution in [-0.4, -0.2) is 24.4 Å². The Balaban J connectivity index is 2.11. The smallest absolute Gasteiger partial charge is 0.258 e. The van der Waals surface area contributed by atoms with Gasteiger partial charge in [-0.1, -0.05) is 24.2 Å². The summed E-state index contributed by atoms with van der Waals surface area (Å²) in [6, 6.07) is 8.43. The van der Waals surface area contributed by atoms with E-state index in [4.69, 9.17) is 4.52 Å². The molecule has 1 heterocycles. The van der Waals surface area contributed by atoms with Crippen LogP contribution < -0.4 is 10.6 Å². The lowest BCUT2D eigenvalue weighted by molar-refractivity contribution is 0.102. The molecule has 0 spiro atoms. The third-order valence-corrected chi connectivity index (χ3v) is 4.45. The molecule has 0 unspecified atom stereocenters. The third kappa shape index (κ3) is 3.36. The molecule has 2 rings (SSSR count). The molecule has 20 heavy (non-hydrogen) atoms. The fraction of sp³-hybridized carbons (Fsp3) is 0.286. The summed E-state index contributed by atoms with van der Waals surface area (Å²) in [4.78, 5) is 12.0. The van der Waals surface area contributed by atoms with E-state index >= 15 is 0 Å². The zero-order valence-corrected chi connectivity index (χ0v) is 12.6. The topological polar surface area (TPSA) is 72.2 Å². The Bertz CT molecular complexity index is 655. The molecule has 0 atom stereocenters. The van der Waals surface area contributed by atoms with Gasteiger partial charge in [-0.15, -0.1) is 0 Å². The van der Waals surface area contributed by atoms with Gasteiger partial charge in [0.2, 0.25) is 5.88 Å². The van der Waals surface area contributed by atoms with E-state index in [1.165, 1.54) is 0 Å². The first-order valence-electron chi connectivity index (χ1n) is 6.32. The lowest BCUT2D eigenvalue weighted by atomic mass is 10.2. The second-order valence-corrected chi connectivity index (χ2v) is 8.11. The van der Waals surface area contributed by atoms with Gasteiger partial charge in [-0.3, -0.25) is 10.1 Å². The lowest BCUT2D eigenvalue weighted by Crippen LogP contribution is -2.13. The molecular formula is C14H17N2O3P. The minimum atomic E-state index is -2.30. The predicted molar refractivity (Wildman–Crippen MR) is 79.4 cm³/mol. The quantitative estimate of drug-likeness (QED) is 0.879. The monoisotopic (exact) mass is 292 g/mol. The Labute approximate surface area is 117 Å². The molecule has 1 aromatic carbocycles. The Morgan fingerprint density at radius 3 is 2.45 bits per heavy atom. The number of aryl methyl sites for hydroxylation is 1. The number of rotatable bonds is 4. The Kier molecular flexibility index (Phi) is 4.09. The van der Waals surface area contributed by atoms with Gasteiger partial charge >= 0.3 is 0 Å². The molecule has 0 fully saturated rings. The van der Waals surface area contributed by atoms with Crippen LogP contribution >= 0.6 is 7.14 Å². The molecule has 5 nitrogen and oxygen atoms in total. The van der Waals surface area contributed by atoms with E-state index in [-0.39, 0.29) is 5.91 Å². The number of hydrogen-bond donors (Lipinski definition) is 1. The summed E-state index contributed by atoms with van der Waals surface area (Å²) < 4.78 is 16.9. The molecule has 0 radical (unpaired) electrons. The van der Waals surface area contributed by atoms with Crippen molar-refractivity contribution in [1.82, 2.24) is 5.16 Å². The van der Waals surface area contributed by atoms with Crippen molar-refractivity contribution in [3.63, 3.8) is 0 Å². The standard InChI is InChI=1S/C14H17N2O3P/c1-4-11-9-13(19-16-11)15-14(17)10-5-7-12(8-6-10)20(2,3)18/h5-9H,4H2,1-3H3,(H,15,17). The highest BCUT2D eigenvalue weighted by atomic mass is 31.2. The second-order valence-electron chi connectivity index (χ2n) is 4.89. The number of hydrogen-bond acceptors (Lipinski definition) is 4. The Morgan fingerprint density at radius 1 is 1.30 bits per heavy atom. The van der Waals surface area contributed by atoms with Gasteiger partial charge in [0.15, 0.2) is 0 Å². The maximum Gasteiger partial charge on any atom is 0.258 e. The number of benzene rings is 1. The van der Waals surface area contributed by atoms with Gasteiger partial charge in [0.1, 0.15) is 7.14 Å². The largest absolute Gasteiger partial charge is 0.338 e. The van der Waals surface area contributed by atoms with Gasteiger partial charge in [0, 0.05) is 16.9 Å². The zero-order chi connectivity index (χ0) is 14.8. The maximum atomic E-state index is 12.0. The normalized spacial score (nSPS) is 11.3. The van der Waals surface area contributed by atoms with Crippen LogP contribution in [-0.2, 0) is 11.0 Å². The summed E-state index contributed by atoms with van der Waals surface area (Å²) in [5.41, 5.74) is 1.27. The number of anilines is 1. The van der Waals surface area contributed by atoms with Crippen molar-refractivity contribution in [2.75, 3.05) is 18.6 Å². The first kappa shape index (κ1) is 14.5. The fourth-order valence-electron chi connectivity index (χ4n) is 1.69. The van der Waals surface area contributed by atoms with E-state index in [9.17, 15) is 9.36 Å². The van der Waals surface area contributed by atoms with Crippen LogP contribution in [0, 0.1) is 0 Å².